The van der Waals surface area contributed by atoms with Gasteiger partial charge >= 0.3 is 6.18 Å². The van der Waals surface area contributed by atoms with E-state index in [4.69, 9.17) is 22.8 Å². The van der Waals surface area contributed by atoms with E-state index < -0.39 is 35.0 Å². The minimum absolute atomic E-state index is 0.0210. The van der Waals surface area contributed by atoms with E-state index in [9.17, 15) is 22.4 Å². The first-order chi connectivity index (χ1) is 11.6. The Labute approximate surface area is 145 Å². The van der Waals surface area contributed by atoms with Gasteiger partial charge in [-0.1, -0.05) is 17.5 Å². The van der Waals surface area contributed by atoms with E-state index in [1.807, 2.05) is 0 Å². The first-order valence-corrected chi connectivity index (χ1v) is 7.19. The molecule has 0 fully saturated rings. The maximum absolute atomic E-state index is 14.2. The van der Waals surface area contributed by atoms with Crippen molar-refractivity contribution in [1.82, 2.24) is 9.55 Å². The minimum Gasteiger partial charge on any atom is -0.476 e. The van der Waals surface area contributed by atoms with Crippen molar-refractivity contribution < 1.29 is 22.3 Å². The van der Waals surface area contributed by atoms with Gasteiger partial charge in [-0.3, -0.25) is 4.79 Å². The van der Waals surface area contributed by atoms with Gasteiger partial charge < -0.3 is 9.30 Å². The molecule has 9 heteroatoms. The SMILES string of the molecule is C#CC(C)Oc1cc(-c2ncc(C(F)(F)F)n(C)c2=O)c(F)cc1Cl. The molecule has 1 atom stereocenters. The van der Waals surface area contributed by atoms with E-state index in [2.05, 4.69) is 10.9 Å². The lowest BCUT2D eigenvalue weighted by Gasteiger charge is -2.14. The Hall–Kier alpha value is -2.53. The molecule has 0 amide bonds. The maximum Gasteiger partial charge on any atom is 0.433 e. The van der Waals surface area contributed by atoms with Gasteiger partial charge in [0.1, 0.15) is 23.0 Å². The van der Waals surface area contributed by atoms with E-state index in [1.54, 1.807) is 0 Å². The first kappa shape index (κ1) is 18.8. The summed E-state index contributed by atoms with van der Waals surface area (Å²) >= 11 is 5.86. The largest absolute Gasteiger partial charge is 0.476 e. The van der Waals surface area contributed by atoms with Crippen LogP contribution in [0.2, 0.25) is 5.02 Å². The van der Waals surface area contributed by atoms with E-state index in [1.165, 1.54) is 6.92 Å². The zero-order chi connectivity index (χ0) is 18.9. The van der Waals surface area contributed by atoms with Crippen LogP contribution in [0.5, 0.6) is 5.75 Å². The van der Waals surface area contributed by atoms with Crippen LogP contribution in [0.4, 0.5) is 17.6 Å². The number of alkyl halides is 3. The van der Waals surface area contributed by atoms with Crippen LogP contribution in [-0.4, -0.2) is 15.7 Å². The smallest absolute Gasteiger partial charge is 0.433 e. The van der Waals surface area contributed by atoms with Crippen LogP contribution in [0.15, 0.2) is 23.1 Å². The van der Waals surface area contributed by atoms with Crippen LogP contribution >= 0.6 is 11.6 Å². The third kappa shape index (κ3) is 3.77. The molecule has 25 heavy (non-hydrogen) atoms. The summed E-state index contributed by atoms with van der Waals surface area (Å²) in [5.41, 5.74) is -3.24. The number of hydrogen-bond acceptors (Lipinski definition) is 3. The van der Waals surface area contributed by atoms with E-state index in [0.717, 1.165) is 19.2 Å². The topological polar surface area (TPSA) is 44.1 Å². The molecular formula is C16H11ClF4N2O2. The molecule has 0 saturated heterocycles. The summed E-state index contributed by atoms with van der Waals surface area (Å²) in [5.74, 6) is 1.32. The highest BCUT2D eigenvalue weighted by atomic mass is 35.5. The van der Waals surface area contributed by atoms with Gasteiger partial charge in [0.05, 0.1) is 11.2 Å². The third-order valence-electron chi connectivity index (χ3n) is 3.29. The van der Waals surface area contributed by atoms with E-state index >= 15 is 0 Å². The van der Waals surface area contributed by atoms with Crippen LogP contribution in [0.3, 0.4) is 0 Å². The first-order valence-electron chi connectivity index (χ1n) is 6.81. The standard InChI is InChI=1S/C16H11ClF4N2O2/c1-4-8(2)25-12-5-9(11(18)6-10(12)17)14-15(24)23(3)13(7-22-14)16(19,20)21/h1,5-8H,2-3H3. The van der Waals surface area contributed by atoms with Crippen LogP contribution in [0.1, 0.15) is 12.6 Å². The highest BCUT2D eigenvalue weighted by Gasteiger charge is 2.35. The molecule has 0 bridgehead atoms. The summed E-state index contributed by atoms with van der Waals surface area (Å²) in [6.07, 6.45) is 0.175. The van der Waals surface area contributed by atoms with Gasteiger partial charge in [0, 0.05) is 12.6 Å². The second-order valence-corrected chi connectivity index (χ2v) is 5.45. The maximum atomic E-state index is 14.2. The summed E-state index contributed by atoms with van der Waals surface area (Å²) in [7, 11) is 0.919. The predicted octanol–water partition coefficient (Wildman–Crippen LogP) is 3.66. The van der Waals surface area contributed by atoms with Crippen molar-refractivity contribution in [2.45, 2.75) is 19.2 Å². The van der Waals surface area contributed by atoms with Crippen molar-refractivity contribution in [2.24, 2.45) is 7.05 Å². The summed E-state index contributed by atoms with van der Waals surface area (Å²) in [5, 5.41) is -0.105. The monoisotopic (exact) mass is 374 g/mol. The number of aromatic nitrogens is 2. The number of nitrogens with zero attached hydrogens (tertiary/aromatic N) is 2. The molecular weight excluding hydrogens is 364 g/mol. The van der Waals surface area contributed by atoms with Gasteiger partial charge in [0.25, 0.3) is 5.56 Å². The van der Waals surface area contributed by atoms with Crippen LogP contribution < -0.4 is 10.3 Å². The summed E-state index contributed by atoms with van der Waals surface area (Å²) in [4.78, 5) is 15.7. The molecule has 1 aromatic carbocycles. The zero-order valence-corrected chi connectivity index (χ0v) is 13.7. The lowest BCUT2D eigenvalue weighted by molar-refractivity contribution is -0.144. The normalized spacial score (nSPS) is 12.6. The van der Waals surface area contributed by atoms with E-state index in [0.29, 0.717) is 10.8 Å². The lowest BCUT2D eigenvalue weighted by Crippen LogP contribution is -2.28. The van der Waals surface area contributed by atoms with Crippen molar-refractivity contribution in [3.05, 3.63) is 45.2 Å². The molecule has 4 nitrogen and oxygen atoms in total. The summed E-state index contributed by atoms with van der Waals surface area (Å²) in [6, 6.07) is 1.94. The molecule has 0 spiro atoms. The van der Waals surface area contributed by atoms with Crippen LogP contribution in [-0.2, 0) is 13.2 Å². The average Bonchev–Trinajstić information content (AvgIpc) is 2.51. The van der Waals surface area contributed by atoms with Crippen molar-refractivity contribution in [2.75, 3.05) is 0 Å². The Kier molecular flexibility index (Phi) is 5.09. The highest BCUT2D eigenvalue weighted by molar-refractivity contribution is 6.32. The third-order valence-corrected chi connectivity index (χ3v) is 3.59. The molecule has 0 aliphatic carbocycles. The Bertz CT molecular complexity index is 916. The van der Waals surface area contributed by atoms with Crippen LogP contribution in [0, 0.1) is 18.2 Å². The fourth-order valence-electron chi connectivity index (χ4n) is 2.01. The Morgan fingerprint density at radius 3 is 2.60 bits per heavy atom. The Balaban J connectivity index is 2.63. The average molecular weight is 375 g/mol. The number of halogens is 5. The summed E-state index contributed by atoms with van der Waals surface area (Å²) in [6.45, 7) is 1.54. The van der Waals surface area contributed by atoms with Gasteiger partial charge in [-0.05, 0) is 19.1 Å². The van der Waals surface area contributed by atoms with Crippen molar-refractivity contribution in [3.63, 3.8) is 0 Å². The number of terminal acetylenes is 1. The van der Waals surface area contributed by atoms with Gasteiger partial charge in [-0.15, -0.1) is 6.42 Å². The number of ether oxygens (including phenoxy) is 1. The summed E-state index contributed by atoms with van der Waals surface area (Å²) < 4.78 is 58.3. The van der Waals surface area contributed by atoms with E-state index in [-0.39, 0.29) is 16.3 Å². The van der Waals surface area contributed by atoms with Crippen molar-refractivity contribution in [3.8, 4) is 29.4 Å². The molecule has 0 aliphatic heterocycles. The molecule has 2 aromatic rings. The number of benzene rings is 1. The molecule has 0 N–H and O–H groups in total. The Morgan fingerprint density at radius 2 is 2.04 bits per heavy atom. The molecule has 132 valence electrons. The molecule has 0 radical (unpaired) electrons. The van der Waals surface area contributed by atoms with Gasteiger partial charge in [-0.25, -0.2) is 9.37 Å². The molecule has 1 heterocycles. The van der Waals surface area contributed by atoms with Crippen molar-refractivity contribution >= 4 is 11.6 Å². The van der Waals surface area contributed by atoms with Crippen LogP contribution in [0.25, 0.3) is 11.3 Å². The van der Waals surface area contributed by atoms with Gasteiger partial charge in [0.2, 0.25) is 0 Å². The fourth-order valence-corrected chi connectivity index (χ4v) is 2.20. The molecule has 0 aliphatic rings. The van der Waals surface area contributed by atoms with Gasteiger partial charge in [-0.2, -0.15) is 13.2 Å². The fraction of sp³-hybridized carbons (Fsp3) is 0.250. The number of hydrogen-bond donors (Lipinski definition) is 0. The zero-order valence-electron chi connectivity index (χ0n) is 13.0. The molecule has 0 saturated carbocycles. The second-order valence-electron chi connectivity index (χ2n) is 5.04. The predicted molar refractivity (Wildman–Crippen MR) is 83.8 cm³/mol. The highest BCUT2D eigenvalue weighted by Crippen LogP contribution is 2.33. The second kappa shape index (κ2) is 6.76. The quantitative estimate of drug-likeness (QED) is 0.608. The van der Waals surface area contributed by atoms with Gasteiger partial charge in [0.15, 0.2) is 6.10 Å². The molecule has 1 unspecified atom stereocenters. The minimum atomic E-state index is -4.77. The Morgan fingerprint density at radius 1 is 1.40 bits per heavy atom. The number of rotatable bonds is 3. The molecule has 1 aromatic heterocycles. The lowest BCUT2D eigenvalue weighted by atomic mass is 10.1. The van der Waals surface area contributed by atoms with Crippen molar-refractivity contribution in [1.29, 1.82) is 0 Å². The molecule has 2 rings (SSSR count).